The molecule has 14 heavy (non-hydrogen) atoms. The molecule has 0 aliphatic carbocycles. The summed E-state index contributed by atoms with van der Waals surface area (Å²) >= 11 is 1.59. The molecule has 0 amide bonds. The standard InChI is InChI=1S/C10H14N2OS/c1-8(6-13)4-12-5-10-2-9(3-11)7-14-10/h2,7-8,12-13H,4-6H2,1H3. The Balaban J connectivity index is 2.28. The van der Waals surface area contributed by atoms with E-state index in [2.05, 4.69) is 11.4 Å². The number of hydrogen-bond donors (Lipinski definition) is 2. The van der Waals surface area contributed by atoms with Gasteiger partial charge in [-0.05, 0) is 12.0 Å². The van der Waals surface area contributed by atoms with E-state index in [1.54, 1.807) is 11.3 Å². The molecular weight excluding hydrogens is 196 g/mol. The monoisotopic (exact) mass is 210 g/mol. The van der Waals surface area contributed by atoms with Gasteiger partial charge in [-0.3, -0.25) is 0 Å². The van der Waals surface area contributed by atoms with E-state index in [0.29, 0.717) is 0 Å². The molecule has 1 unspecified atom stereocenters. The maximum Gasteiger partial charge on any atom is 0.100 e. The molecule has 1 rings (SSSR count). The summed E-state index contributed by atoms with van der Waals surface area (Å²) in [5.41, 5.74) is 0.724. The summed E-state index contributed by atoms with van der Waals surface area (Å²) in [4.78, 5) is 1.16. The van der Waals surface area contributed by atoms with Gasteiger partial charge in [0.05, 0.1) is 5.56 Å². The summed E-state index contributed by atoms with van der Waals surface area (Å²) in [5, 5.41) is 22.5. The van der Waals surface area contributed by atoms with Crippen LogP contribution in [0.4, 0.5) is 0 Å². The molecule has 0 saturated carbocycles. The maximum absolute atomic E-state index is 8.79. The van der Waals surface area contributed by atoms with Gasteiger partial charge in [0.25, 0.3) is 0 Å². The summed E-state index contributed by atoms with van der Waals surface area (Å²) < 4.78 is 0. The second kappa shape index (κ2) is 5.76. The summed E-state index contributed by atoms with van der Waals surface area (Å²) in [6, 6.07) is 3.99. The van der Waals surface area contributed by atoms with E-state index < -0.39 is 0 Å². The Bertz CT molecular complexity index is 316. The Morgan fingerprint density at radius 3 is 3.07 bits per heavy atom. The summed E-state index contributed by atoms with van der Waals surface area (Å²) in [5.74, 6) is 0.283. The Morgan fingerprint density at radius 2 is 2.50 bits per heavy atom. The van der Waals surface area contributed by atoms with Crippen molar-refractivity contribution < 1.29 is 5.11 Å². The SMILES string of the molecule is CC(CO)CNCc1cc(C#N)cs1. The van der Waals surface area contributed by atoms with Crippen LogP contribution in [0.25, 0.3) is 0 Å². The molecule has 0 bridgehead atoms. The number of thiophene rings is 1. The van der Waals surface area contributed by atoms with Crippen molar-refractivity contribution in [3.05, 3.63) is 21.9 Å². The van der Waals surface area contributed by atoms with Gasteiger partial charge in [-0.2, -0.15) is 5.26 Å². The highest BCUT2D eigenvalue weighted by atomic mass is 32.1. The molecule has 0 aliphatic heterocycles. The van der Waals surface area contributed by atoms with Gasteiger partial charge >= 0.3 is 0 Å². The number of rotatable bonds is 5. The van der Waals surface area contributed by atoms with E-state index in [4.69, 9.17) is 10.4 Å². The van der Waals surface area contributed by atoms with Crippen molar-refractivity contribution in [3.8, 4) is 6.07 Å². The van der Waals surface area contributed by atoms with Gasteiger partial charge in [-0.25, -0.2) is 0 Å². The Labute approximate surface area is 88.0 Å². The quantitative estimate of drug-likeness (QED) is 0.771. The topological polar surface area (TPSA) is 56.0 Å². The first-order chi connectivity index (χ1) is 6.76. The highest BCUT2D eigenvalue weighted by Crippen LogP contribution is 2.13. The van der Waals surface area contributed by atoms with Crippen LogP contribution < -0.4 is 5.32 Å². The van der Waals surface area contributed by atoms with Crippen molar-refractivity contribution >= 4 is 11.3 Å². The average molecular weight is 210 g/mol. The fraction of sp³-hybridized carbons (Fsp3) is 0.500. The van der Waals surface area contributed by atoms with E-state index in [9.17, 15) is 0 Å². The molecule has 0 fully saturated rings. The second-order valence-electron chi connectivity index (χ2n) is 3.33. The molecule has 2 N–H and O–H groups in total. The number of aliphatic hydroxyl groups is 1. The maximum atomic E-state index is 8.79. The molecule has 0 saturated heterocycles. The lowest BCUT2D eigenvalue weighted by Gasteiger charge is -2.07. The van der Waals surface area contributed by atoms with Crippen LogP contribution in [-0.2, 0) is 6.54 Å². The van der Waals surface area contributed by atoms with Crippen LogP contribution in [0, 0.1) is 17.2 Å². The van der Waals surface area contributed by atoms with Crippen LogP contribution in [0.1, 0.15) is 17.4 Å². The highest BCUT2D eigenvalue weighted by molar-refractivity contribution is 7.10. The van der Waals surface area contributed by atoms with Crippen LogP contribution in [0.3, 0.4) is 0 Å². The molecule has 4 heteroatoms. The van der Waals surface area contributed by atoms with Crippen molar-refractivity contribution in [2.24, 2.45) is 5.92 Å². The van der Waals surface area contributed by atoms with Gasteiger partial charge in [0.15, 0.2) is 0 Å². The number of nitrogens with one attached hydrogen (secondary N) is 1. The van der Waals surface area contributed by atoms with Crippen molar-refractivity contribution in [1.82, 2.24) is 5.32 Å². The average Bonchev–Trinajstić information content (AvgIpc) is 2.65. The lowest BCUT2D eigenvalue weighted by atomic mass is 10.2. The van der Waals surface area contributed by atoms with Crippen LogP contribution >= 0.6 is 11.3 Å². The molecule has 0 aromatic carbocycles. The van der Waals surface area contributed by atoms with Crippen LogP contribution in [0.15, 0.2) is 11.4 Å². The van der Waals surface area contributed by atoms with Crippen molar-refractivity contribution in [3.63, 3.8) is 0 Å². The molecule has 0 radical (unpaired) electrons. The fourth-order valence-electron chi connectivity index (χ4n) is 1.04. The first-order valence-corrected chi connectivity index (χ1v) is 5.43. The second-order valence-corrected chi connectivity index (χ2v) is 4.33. The third kappa shape index (κ3) is 3.46. The highest BCUT2D eigenvalue weighted by Gasteiger charge is 2.01. The lowest BCUT2D eigenvalue weighted by molar-refractivity contribution is 0.233. The summed E-state index contributed by atoms with van der Waals surface area (Å²) in [6.45, 7) is 3.77. The van der Waals surface area contributed by atoms with Crippen LogP contribution in [-0.4, -0.2) is 18.3 Å². The van der Waals surface area contributed by atoms with Crippen LogP contribution in [0.5, 0.6) is 0 Å². The van der Waals surface area contributed by atoms with E-state index in [1.807, 2.05) is 18.4 Å². The number of aliphatic hydroxyl groups excluding tert-OH is 1. The lowest BCUT2D eigenvalue weighted by Crippen LogP contribution is -2.22. The zero-order valence-electron chi connectivity index (χ0n) is 8.16. The van der Waals surface area contributed by atoms with Gasteiger partial charge in [0.2, 0.25) is 0 Å². The minimum absolute atomic E-state index is 0.209. The summed E-state index contributed by atoms with van der Waals surface area (Å²) in [7, 11) is 0. The normalized spacial score (nSPS) is 12.4. The number of nitrogens with zero attached hydrogens (tertiary/aromatic N) is 1. The summed E-state index contributed by atoms with van der Waals surface area (Å²) in [6.07, 6.45) is 0. The van der Waals surface area contributed by atoms with Crippen LogP contribution in [0.2, 0.25) is 0 Å². The first-order valence-electron chi connectivity index (χ1n) is 4.55. The van der Waals surface area contributed by atoms with Gasteiger partial charge in [0, 0.05) is 30.0 Å². The van der Waals surface area contributed by atoms with Gasteiger partial charge in [-0.1, -0.05) is 6.92 Å². The molecule has 1 heterocycles. The predicted molar refractivity (Wildman–Crippen MR) is 57.0 cm³/mol. The Hall–Kier alpha value is -0.890. The van der Waals surface area contributed by atoms with Gasteiger partial charge in [0.1, 0.15) is 6.07 Å². The third-order valence-corrected chi connectivity index (χ3v) is 2.82. The molecule has 1 atom stereocenters. The molecular formula is C10H14N2OS. The third-order valence-electron chi connectivity index (χ3n) is 1.89. The van der Waals surface area contributed by atoms with Crippen molar-refractivity contribution in [1.29, 1.82) is 5.26 Å². The minimum atomic E-state index is 0.209. The Kier molecular flexibility index (Phi) is 4.60. The van der Waals surface area contributed by atoms with E-state index in [1.165, 1.54) is 0 Å². The molecule has 1 aromatic heterocycles. The first kappa shape index (κ1) is 11.2. The van der Waals surface area contributed by atoms with Gasteiger partial charge in [-0.15, -0.1) is 11.3 Å². The van der Waals surface area contributed by atoms with E-state index >= 15 is 0 Å². The van der Waals surface area contributed by atoms with Gasteiger partial charge < -0.3 is 10.4 Å². The minimum Gasteiger partial charge on any atom is -0.396 e. The smallest absolute Gasteiger partial charge is 0.100 e. The molecule has 76 valence electrons. The number of nitriles is 1. The van der Waals surface area contributed by atoms with Crippen molar-refractivity contribution in [2.75, 3.05) is 13.2 Å². The largest absolute Gasteiger partial charge is 0.396 e. The molecule has 0 aliphatic rings. The fourth-order valence-corrected chi connectivity index (χ4v) is 1.82. The number of hydrogen-bond acceptors (Lipinski definition) is 4. The zero-order chi connectivity index (χ0) is 10.4. The molecule has 1 aromatic rings. The molecule has 0 spiro atoms. The predicted octanol–water partition coefficient (Wildman–Crippen LogP) is 1.34. The molecule has 3 nitrogen and oxygen atoms in total. The zero-order valence-corrected chi connectivity index (χ0v) is 8.97. The Morgan fingerprint density at radius 1 is 1.71 bits per heavy atom. The van der Waals surface area contributed by atoms with E-state index in [-0.39, 0.29) is 12.5 Å². The van der Waals surface area contributed by atoms with Crippen molar-refractivity contribution in [2.45, 2.75) is 13.5 Å². The van der Waals surface area contributed by atoms with E-state index in [0.717, 1.165) is 23.5 Å².